The van der Waals surface area contributed by atoms with Crippen molar-refractivity contribution in [3.8, 4) is 0 Å². The Kier molecular flexibility index (Phi) is 6.32. The number of amides is 1. The van der Waals surface area contributed by atoms with Crippen LogP contribution < -0.4 is 5.32 Å². The second kappa shape index (κ2) is 8.68. The van der Waals surface area contributed by atoms with E-state index in [1.807, 2.05) is 18.2 Å². The fraction of sp³-hybridized carbons (Fsp3) is 0.316. The molecule has 2 aromatic rings. The van der Waals surface area contributed by atoms with Crippen molar-refractivity contribution in [1.82, 2.24) is 10.2 Å². The molecule has 0 radical (unpaired) electrons. The Bertz CT molecular complexity index is 725. The molecular formula is C19H20Cl2N2O2. The van der Waals surface area contributed by atoms with Gasteiger partial charge in [-0.25, -0.2) is 0 Å². The number of hydrogen-bond donors (Lipinski definition) is 1. The molecule has 0 aromatic heterocycles. The van der Waals surface area contributed by atoms with Crippen LogP contribution in [0.25, 0.3) is 0 Å². The van der Waals surface area contributed by atoms with E-state index in [2.05, 4.69) is 22.3 Å². The summed E-state index contributed by atoms with van der Waals surface area (Å²) >= 11 is 11.8. The van der Waals surface area contributed by atoms with Crippen molar-refractivity contribution < 1.29 is 9.53 Å². The summed E-state index contributed by atoms with van der Waals surface area (Å²) in [4.78, 5) is 14.5. The van der Waals surface area contributed by atoms with Crippen molar-refractivity contribution in [2.45, 2.75) is 6.10 Å². The van der Waals surface area contributed by atoms with Gasteiger partial charge in [0.2, 0.25) is 0 Å². The van der Waals surface area contributed by atoms with Crippen LogP contribution in [0.4, 0.5) is 0 Å². The zero-order valence-electron chi connectivity index (χ0n) is 13.8. The Morgan fingerprint density at radius 1 is 1.16 bits per heavy atom. The number of benzene rings is 2. The number of carbonyl (C=O) groups excluding carboxylic acids is 1. The Morgan fingerprint density at radius 3 is 2.72 bits per heavy atom. The highest BCUT2D eigenvalue weighted by atomic mass is 35.5. The van der Waals surface area contributed by atoms with Gasteiger partial charge in [0.15, 0.2) is 0 Å². The highest BCUT2D eigenvalue weighted by molar-refractivity contribution is 6.42. The quantitative estimate of drug-likeness (QED) is 0.860. The average Bonchev–Trinajstić information content (AvgIpc) is 2.65. The van der Waals surface area contributed by atoms with Gasteiger partial charge in [0, 0.05) is 31.7 Å². The Hall–Kier alpha value is -1.59. The molecule has 132 valence electrons. The first-order chi connectivity index (χ1) is 12.1. The van der Waals surface area contributed by atoms with Crippen molar-refractivity contribution in [3.63, 3.8) is 0 Å². The molecule has 1 N–H and O–H groups in total. The lowest BCUT2D eigenvalue weighted by atomic mass is 10.1. The van der Waals surface area contributed by atoms with Crippen LogP contribution in [0.3, 0.4) is 0 Å². The molecule has 1 fully saturated rings. The number of halogens is 2. The largest absolute Gasteiger partial charge is 0.371 e. The van der Waals surface area contributed by atoms with Crippen LogP contribution in [0.1, 0.15) is 22.0 Å². The predicted molar refractivity (Wildman–Crippen MR) is 100 cm³/mol. The van der Waals surface area contributed by atoms with E-state index in [0.29, 0.717) is 28.8 Å². The number of hydrogen-bond acceptors (Lipinski definition) is 3. The normalized spacial score (nSPS) is 18.1. The van der Waals surface area contributed by atoms with E-state index in [9.17, 15) is 4.79 Å². The maximum atomic E-state index is 12.2. The van der Waals surface area contributed by atoms with Gasteiger partial charge in [-0.05, 0) is 23.8 Å². The third-order valence-electron chi connectivity index (χ3n) is 4.22. The average molecular weight is 379 g/mol. The van der Waals surface area contributed by atoms with Gasteiger partial charge in [0.05, 0.1) is 22.8 Å². The van der Waals surface area contributed by atoms with Gasteiger partial charge in [0.25, 0.3) is 5.91 Å². The van der Waals surface area contributed by atoms with Gasteiger partial charge < -0.3 is 10.1 Å². The van der Waals surface area contributed by atoms with Crippen LogP contribution in [0.15, 0.2) is 48.5 Å². The fourth-order valence-corrected chi connectivity index (χ4v) is 3.14. The zero-order chi connectivity index (χ0) is 17.6. The first kappa shape index (κ1) is 18.2. The summed E-state index contributed by atoms with van der Waals surface area (Å²) in [5.74, 6) is -0.147. The van der Waals surface area contributed by atoms with Crippen molar-refractivity contribution in [1.29, 1.82) is 0 Å². The second-order valence-corrected chi connectivity index (χ2v) is 6.77. The molecule has 0 aliphatic carbocycles. The van der Waals surface area contributed by atoms with Gasteiger partial charge in [-0.1, -0.05) is 53.5 Å². The smallest absolute Gasteiger partial charge is 0.251 e. The molecule has 1 saturated heterocycles. The summed E-state index contributed by atoms with van der Waals surface area (Å²) in [5.41, 5.74) is 1.70. The Morgan fingerprint density at radius 2 is 1.96 bits per heavy atom. The fourth-order valence-electron chi connectivity index (χ4n) is 2.84. The molecule has 0 bridgehead atoms. The molecule has 1 heterocycles. The zero-order valence-corrected chi connectivity index (χ0v) is 15.3. The second-order valence-electron chi connectivity index (χ2n) is 5.96. The molecule has 1 atom stereocenters. The van der Waals surface area contributed by atoms with Crippen LogP contribution in [0.2, 0.25) is 10.0 Å². The summed E-state index contributed by atoms with van der Waals surface area (Å²) < 4.78 is 5.86. The topological polar surface area (TPSA) is 41.6 Å². The maximum absolute atomic E-state index is 12.2. The SMILES string of the molecule is O=C(NCCN1CCOC(c2ccccc2)C1)c1ccc(Cl)c(Cl)c1. The molecule has 1 aliphatic rings. The Labute approximate surface area is 157 Å². The van der Waals surface area contributed by atoms with Crippen molar-refractivity contribution in [2.75, 3.05) is 32.8 Å². The highest BCUT2D eigenvalue weighted by Gasteiger charge is 2.21. The molecule has 25 heavy (non-hydrogen) atoms. The third-order valence-corrected chi connectivity index (χ3v) is 4.96. The van der Waals surface area contributed by atoms with Crippen molar-refractivity contribution in [2.24, 2.45) is 0 Å². The number of rotatable bonds is 5. The van der Waals surface area contributed by atoms with E-state index >= 15 is 0 Å². The number of ether oxygens (including phenoxy) is 1. The van der Waals surface area contributed by atoms with Crippen molar-refractivity contribution >= 4 is 29.1 Å². The molecule has 1 unspecified atom stereocenters. The van der Waals surface area contributed by atoms with E-state index < -0.39 is 0 Å². The molecule has 1 amide bonds. The minimum atomic E-state index is -0.147. The Balaban J connectivity index is 1.48. The molecule has 3 rings (SSSR count). The summed E-state index contributed by atoms with van der Waals surface area (Å²) in [7, 11) is 0. The lowest BCUT2D eigenvalue weighted by Gasteiger charge is -2.33. The summed E-state index contributed by atoms with van der Waals surface area (Å²) in [5, 5.41) is 3.75. The van der Waals surface area contributed by atoms with Gasteiger partial charge in [0.1, 0.15) is 0 Å². The van der Waals surface area contributed by atoms with E-state index in [1.165, 1.54) is 5.56 Å². The highest BCUT2D eigenvalue weighted by Crippen LogP contribution is 2.23. The van der Waals surface area contributed by atoms with E-state index in [1.54, 1.807) is 18.2 Å². The summed E-state index contributed by atoms with van der Waals surface area (Å²) in [6.07, 6.45) is 0.0840. The van der Waals surface area contributed by atoms with Crippen LogP contribution in [-0.2, 0) is 4.74 Å². The molecule has 4 nitrogen and oxygen atoms in total. The lowest BCUT2D eigenvalue weighted by molar-refractivity contribution is -0.0293. The monoisotopic (exact) mass is 378 g/mol. The molecular weight excluding hydrogens is 359 g/mol. The standard InChI is InChI=1S/C19H20Cl2N2O2/c20-16-7-6-15(12-17(16)21)19(24)22-8-9-23-10-11-25-18(13-23)14-4-2-1-3-5-14/h1-7,12,18H,8-11,13H2,(H,22,24). The van der Waals surface area contributed by atoms with E-state index in [-0.39, 0.29) is 12.0 Å². The van der Waals surface area contributed by atoms with Crippen molar-refractivity contribution in [3.05, 3.63) is 69.7 Å². The number of nitrogens with one attached hydrogen (secondary N) is 1. The predicted octanol–water partition coefficient (Wildman–Crippen LogP) is 3.80. The number of carbonyl (C=O) groups is 1. The lowest BCUT2D eigenvalue weighted by Crippen LogP contribution is -2.42. The number of morpholine rings is 1. The minimum absolute atomic E-state index is 0.0840. The first-order valence-electron chi connectivity index (χ1n) is 8.25. The van der Waals surface area contributed by atoms with Gasteiger partial charge in [-0.15, -0.1) is 0 Å². The number of nitrogens with zero attached hydrogens (tertiary/aromatic N) is 1. The van der Waals surface area contributed by atoms with Gasteiger partial charge in [-0.2, -0.15) is 0 Å². The van der Waals surface area contributed by atoms with Crippen LogP contribution >= 0.6 is 23.2 Å². The van der Waals surface area contributed by atoms with Crippen LogP contribution in [0, 0.1) is 0 Å². The molecule has 6 heteroatoms. The minimum Gasteiger partial charge on any atom is -0.371 e. The summed E-state index contributed by atoms with van der Waals surface area (Å²) in [6.45, 7) is 3.74. The first-order valence-corrected chi connectivity index (χ1v) is 9.01. The summed E-state index contributed by atoms with van der Waals surface area (Å²) in [6, 6.07) is 15.1. The van der Waals surface area contributed by atoms with E-state index in [0.717, 1.165) is 19.6 Å². The van der Waals surface area contributed by atoms with Gasteiger partial charge >= 0.3 is 0 Å². The molecule has 0 saturated carbocycles. The van der Waals surface area contributed by atoms with Gasteiger partial charge in [-0.3, -0.25) is 9.69 Å². The third kappa shape index (κ3) is 4.95. The molecule has 0 spiro atoms. The van der Waals surface area contributed by atoms with Crippen LogP contribution in [-0.4, -0.2) is 43.6 Å². The van der Waals surface area contributed by atoms with E-state index in [4.69, 9.17) is 27.9 Å². The maximum Gasteiger partial charge on any atom is 0.251 e. The molecule has 2 aromatic carbocycles. The van der Waals surface area contributed by atoms with Crippen LogP contribution in [0.5, 0.6) is 0 Å². The molecule has 1 aliphatic heterocycles.